The third kappa shape index (κ3) is 3.98. The Bertz CT molecular complexity index is 1170. The molecule has 0 spiro atoms. The van der Waals surface area contributed by atoms with Gasteiger partial charge in [0.1, 0.15) is 22.8 Å². The number of hydrogen-bond donors (Lipinski definition) is 2. The van der Waals surface area contributed by atoms with Crippen molar-refractivity contribution >= 4 is 43.5 Å². The molecule has 2 aromatic rings. The van der Waals surface area contributed by atoms with Gasteiger partial charge in [0.15, 0.2) is 9.84 Å². The van der Waals surface area contributed by atoms with Crippen molar-refractivity contribution in [2.75, 3.05) is 16.4 Å². The Morgan fingerprint density at radius 3 is 2.67 bits per heavy atom. The van der Waals surface area contributed by atoms with Crippen molar-refractivity contribution in [1.82, 2.24) is 0 Å². The number of hydrogen-bond acceptors (Lipinski definition) is 6. The van der Waals surface area contributed by atoms with Gasteiger partial charge in [-0.05, 0) is 48.9 Å². The molecule has 11 heteroatoms. The number of nitrogens with zero attached hydrogens (tertiary/aromatic N) is 1. The molecular weight excluding hydrogens is 397 g/mol. The van der Waals surface area contributed by atoms with E-state index in [1.165, 1.54) is 31.2 Å². The van der Waals surface area contributed by atoms with Crippen LogP contribution in [0.25, 0.3) is 0 Å². The molecule has 0 fully saturated rings. The minimum atomic E-state index is -4.11. The zero-order valence-electron chi connectivity index (χ0n) is 13.9. The van der Waals surface area contributed by atoms with Gasteiger partial charge >= 0.3 is 0 Å². The fourth-order valence-corrected chi connectivity index (χ4v) is 4.64. The van der Waals surface area contributed by atoms with E-state index < -0.39 is 37.3 Å². The number of carbonyl (C=O) groups excluding carboxylic acids is 1. The summed E-state index contributed by atoms with van der Waals surface area (Å²) in [6, 6.07) is 7.27. The molecule has 2 N–H and O–H groups in total. The van der Waals surface area contributed by atoms with Gasteiger partial charge in [-0.1, -0.05) is 0 Å². The molecule has 2 aromatic carbocycles. The summed E-state index contributed by atoms with van der Waals surface area (Å²) in [7, 11) is -8.12. The van der Waals surface area contributed by atoms with Gasteiger partial charge in [0, 0.05) is 5.69 Å². The molecule has 1 heterocycles. The quantitative estimate of drug-likeness (QED) is 0.790. The minimum absolute atomic E-state index is 0.190. The Hall–Kier alpha value is -2.79. The molecule has 0 saturated carbocycles. The Morgan fingerprint density at radius 1 is 1.22 bits per heavy atom. The summed E-state index contributed by atoms with van der Waals surface area (Å²) in [5.41, 5.74) is 0.736. The lowest BCUT2D eigenvalue weighted by atomic mass is 10.2. The van der Waals surface area contributed by atoms with Crippen LogP contribution in [0.1, 0.15) is 5.56 Å². The predicted molar refractivity (Wildman–Crippen MR) is 97.6 cm³/mol. The number of halogens is 1. The van der Waals surface area contributed by atoms with E-state index in [4.69, 9.17) is 0 Å². The zero-order valence-corrected chi connectivity index (χ0v) is 15.6. The number of nitrogens with one attached hydrogen (secondary N) is 2. The Labute approximate surface area is 155 Å². The van der Waals surface area contributed by atoms with Crippen LogP contribution in [-0.4, -0.2) is 34.8 Å². The largest absolute Gasteiger partial charge is 0.345 e. The van der Waals surface area contributed by atoms with Gasteiger partial charge in [-0.25, -0.2) is 12.8 Å². The second kappa shape index (κ2) is 6.74. The van der Waals surface area contributed by atoms with Gasteiger partial charge in [-0.2, -0.15) is 8.42 Å². The van der Waals surface area contributed by atoms with Crippen molar-refractivity contribution in [3.05, 3.63) is 47.8 Å². The van der Waals surface area contributed by atoms with Crippen molar-refractivity contribution in [1.29, 1.82) is 0 Å². The van der Waals surface area contributed by atoms with Crippen molar-refractivity contribution in [3.63, 3.8) is 0 Å². The van der Waals surface area contributed by atoms with Crippen LogP contribution in [0.4, 0.5) is 15.8 Å². The molecule has 1 aliphatic rings. The van der Waals surface area contributed by atoms with Gasteiger partial charge in [0.2, 0.25) is 5.91 Å². The van der Waals surface area contributed by atoms with Crippen LogP contribution >= 0.6 is 0 Å². The molecule has 0 unspecified atom stereocenters. The molecule has 8 nitrogen and oxygen atoms in total. The molecule has 0 bridgehead atoms. The minimum Gasteiger partial charge on any atom is -0.345 e. The highest BCUT2D eigenvalue weighted by Crippen LogP contribution is 2.28. The molecule has 0 radical (unpaired) electrons. The van der Waals surface area contributed by atoms with Gasteiger partial charge < -0.3 is 10.6 Å². The fourth-order valence-electron chi connectivity index (χ4n) is 2.43. The highest BCUT2D eigenvalue weighted by Gasteiger charge is 2.26. The average molecular weight is 411 g/mol. The summed E-state index contributed by atoms with van der Waals surface area (Å²) in [5, 5.41) is 4.98. The van der Waals surface area contributed by atoms with Gasteiger partial charge in [0.25, 0.3) is 10.0 Å². The molecule has 142 valence electrons. The summed E-state index contributed by atoms with van der Waals surface area (Å²) < 4.78 is 65.4. The van der Waals surface area contributed by atoms with Crippen LogP contribution in [0, 0.1) is 12.7 Å². The number of sulfone groups is 1. The summed E-state index contributed by atoms with van der Waals surface area (Å²) in [6.07, 6.45) is 0.990. The first kappa shape index (κ1) is 19.0. The van der Waals surface area contributed by atoms with Crippen molar-refractivity contribution in [2.24, 2.45) is 4.40 Å². The average Bonchev–Trinajstić information content (AvgIpc) is 2.57. The number of amides is 1. The van der Waals surface area contributed by atoms with E-state index >= 15 is 0 Å². The Morgan fingerprint density at radius 2 is 1.96 bits per heavy atom. The van der Waals surface area contributed by atoms with E-state index in [1.807, 2.05) is 0 Å². The maximum Gasteiger partial charge on any atom is 0.285 e. The first-order valence-corrected chi connectivity index (χ1v) is 10.7. The predicted octanol–water partition coefficient (Wildman–Crippen LogP) is 1.69. The number of carbonyl (C=O) groups is 1. The van der Waals surface area contributed by atoms with Gasteiger partial charge in [-0.15, -0.1) is 4.40 Å². The lowest BCUT2D eigenvalue weighted by molar-refractivity contribution is -0.113. The van der Waals surface area contributed by atoms with E-state index in [9.17, 15) is 26.0 Å². The van der Waals surface area contributed by atoms with Crippen molar-refractivity contribution in [3.8, 4) is 0 Å². The van der Waals surface area contributed by atoms with E-state index in [-0.39, 0.29) is 21.2 Å². The number of aryl methyl sites for hydroxylation is 1. The van der Waals surface area contributed by atoms with Crippen LogP contribution in [0.15, 0.2) is 50.6 Å². The van der Waals surface area contributed by atoms with E-state index in [1.54, 1.807) is 0 Å². The van der Waals surface area contributed by atoms with Crippen LogP contribution < -0.4 is 10.6 Å². The standard InChI is InChI=1S/C16H14FN3O5S2/c1-10-6-11(2-4-13(10)17)20-16(21)8-26(22,23)12-3-5-14-15(7-12)27(24,25)19-9-18-14/h2-7,9H,8H2,1H3,(H,18,19)(H,20,21). The number of benzene rings is 2. The summed E-state index contributed by atoms with van der Waals surface area (Å²) >= 11 is 0. The fraction of sp³-hybridized carbons (Fsp3) is 0.125. The Kier molecular flexibility index (Phi) is 4.74. The van der Waals surface area contributed by atoms with Gasteiger partial charge in [0.05, 0.1) is 10.6 Å². The molecule has 0 atom stereocenters. The van der Waals surface area contributed by atoms with Crippen molar-refractivity contribution in [2.45, 2.75) is 16.7 Å². The number of sulfonamides is 1. The molecule has 1 amide bonds. The molecule has 3 rings (SSSR count). The first-order valence-electron chi connectivity index (χ1n) is 7.57. The maximum absolute atomic E-state index is 13.3. The maximum atomic E-state index is 13.3. The molecule has 0 aromatic heterocycles. The molecule has 0 aliphatic carbocycles. The third-order valence-corrected chi connectivity index (χ3v) is 6.66. The SMILES string of the molecule is Cc1cc(NC(=O)CS(=O)(=O)c2ccc3c(c2)S(=O)(=O)N=CN3)ccc1F. The zero-order chi connectivity index (χ0) is 19.8. The van der Waals surface area contributed by atoms with E-state index in [0.29, 0.717) is 5.56 Å². The number of fused-ring (bicyclic) bond motifs is 1. The first-order chi connectivity index (χ1) is 12.6. The molecule has 27 heavy (non-hydrogen) atoms. The second-order valence-corrected chi connectivity index (χ2v) is 9.37. The van der Waals surface area contributed by atoms with Crippen LogP contribution in [-0.2, 0) is 24.7 Å². The third-order valence-electron chi connectivity index (χ3n) is 3.76. The highest BCUT2D eigenvalue weighted by molar-refractivity contribution is 7.92. The number of anilines is 2. The number of rotatable bonds is 4. The summed E-state index contributed by atoms with van der Waals surface area (Å²) in [4.78, 5) is 11.5. The molecular formula is C16H14FN3O5S2. The van der Waals surface area contributed by atoms with E-state index in [2.05, 4.69) is 15.0 Å². The smallest absolute Gasteiger partial charge is 0.285 e. The highest BCUT2D eigenvalue weighted by atomic mass is 32.2. The normalized spacial score (nSPS) is 14.9. The van der Waals surface area contributed by atoms with Crippen LogP contribution in [0.3, 0.4) is 0 Å². The van der Waals surface area contributed by atoms with Crippen LogP contribution in [0.2, 0.25) is 0 Å². The molecule has 1 aliphatic heterocycles. The van der Waals surface area contributed by atoms with Crippen molar-refractivity contribution < 1.29 is 26.0 Å². The van der Waals surface area contributed by atoms with E-state index in [0.717, 1.165) is 18.5 Å². The lowest BCUT2D eigenvalue weighted by Crippen LogP contribution is -2.23. The lowest BCUT2D eigenvalue weighted by Gasteiger charge is -2.13. The summed E-state index contributed by atoms with van der Waals surface area (Å²) in [5.74, 6) is -2.19. The monoisotopic (exact) mass is 411 g/mol. The second-order valence-electron chi connectivity index (χ2n) is 5.78. The topological polar surface area (TPSA) is 122 Å². The van der Waals surface area contributed by atoms with Gasteiger partial charge in [-0.3, -0.25) is 4.79 Å². The Balaban J connectivity index is 1.83. The molecule has 0 saturated heterocycles. The summed E-state index contributed by atoms with van der Waals surface area (Å²) in [6.45, 7) is 1.51. The van der Waals surface area contributed by atoms with Crippen LogP contribution in [0.5, 0.6) is 0 Å².